The number of ether oxygens (including phenoxy) is 1. The Kier molecular flexibility index (Phi) is 4.27. The van der Waals surface area contributed by atoms with Crippen LogP contribution in [0.25, 0.3) is 0 Å². The van der Waals surface area contributed by atoms with E-state index in [0.717, 1.165) is 25.3 Å². The van der Waals surface area contributed by atoms with E-state index in [0.29, 0.717) is 18.4 Å². The Morgan fingerprint density at radius 1 is 1.25 bits per heavy atom. The van der Waals surface area contributed by atoms with Crippen LogP contribution in [0.1, 0.15) is 30.4 Å². The Labute approximate surface area is 121 Å². The van der Waals surface area contributed by atoms with Crippen molar-refractivity contribution in [2.75, 3.05) is 19.7 Å². The Morgan fingerprint density at radius 2 is 2.10 bits per heavy atom. The molecule has 1 aliphatic heterocycles. The van der Waals surface area contributed by atoms with Crippen LogP contribution in [0.3, 0.4) is 0 Å². The van der Waals surface area contributed by atoms with Crippen molar-refractivity contribution in [3.8, 4) is 5.75 Å². The standard InChI is InChI=1S/C17H25NO2/c1-12-5-6-17-15(7-12)8-16(20-17)10-18-9-13-3-2-4-14(13)11-19/h5-7,13-14,16,18-19H,2-4,8-11H2,1H3. The molecule has 2 N–H and O–H groups in total. The fourth-order valence-electron chi connectivity index (χ4n) is 3.62. The van der Waals surface area contributed by atoms with E-state index in [1.807, 2.05) is 0 Å². The van der Waals surface area contributed by atoms with Gasteiger partial charge in [-0.2, -0.15) is 0 Å². The third-order valence-corrected chi connectivity index (χ3v) is 4.79. The van der Waals surface area contributed by atoms with E-state index in [9.17, 15) is 5.11 Å². The summed E-state index contributed by atoms with van der Waals surface area (Å²) in [4.78, 5) is 0. The van der Waals surface area contributed by atoms with Gasteiger partial charge in [0.25, 0.3) is 0 Å². The van der Waals surface area contributed by atoms with E-state index in [1.165, 1.54) is 30.4 Å². The van der Waals surface area contributed by atoms with Crippen molar-refractivity contribution >= 4 is 0 Å². The molecule has 0 bridgehead atoms. The van der Waals surface area contributed by atoms with E-state index in [2.05, 4.69) is 30.4 Å². The molecule has 2 aliphatic rings. The lowest BCUT2D eigenvalue weighted by Gasteiger charge is -2.19. The van der Waals surface area contributed by atoms with Crippen molar-refractivity contribution in [2.45, 2.75) is 38.7 Å². The zero-order valence-electron chi connectivity index (χ0n) is 12.3. The summed E-state index contributed by atoms with van der Waals surface area (Å²) in [5.74, 6) is 2.20. The Bertz CT molecular complexity index is 460. The van der Waals surface area contributed by atoms with Crippen LogP contribution in [-0.2, 0) is 6.42 Å². The molecule has 20 heavy (non-hydrogen) atoms. The first-order valence-electron chi connectivity index (χ1n) is 7.84. The molecule has 3 heteroatoms. The number of aliphatic hydroxyl groups excluding tert-OH is 1. The fraction of sp³-hybridized carbons (Fsp3) is 0.647. The minimum absolute atomic E-state index is 0.265. The third-order valence-electron chi connectivity index (χ3n) is 4.79. The summed E-state index contributed by atoms with van der Waals surface area (Å²) in [5, 5.41) is 12.9. The lowest BCUT2D eigenvalue weighted by atomic mass is 9.97. The first kappa shape index (κ1) is 13.9. The first-order valence-corrected chi connectivity index (χ1v) is 7.84. The highest BCUT2D eigenvalue weighted by Gasteiger charge is 2.27. The van der Waals surface area contributed by atoms with Gasteiger partial charge in [-0.3, -0.25) is 0 Å². The van der Waals surface area contributed by atoms with Crippen molar-refractivity contribution in [1.82, 2.24) is 5.32 Å². The summed E-state index contributed by atoms with van der Waals surface area (Å²) in [6.45, 7) is 4.39. The number of fused-ring (bicyclic) bond motifs is 1. The van der Waals surface area contributed by atoms with Gasteiger partial charge in [-0.1, -0.05) is 24.1 Å². The Balaban J connectivity index is 1.45. The smallest absolute Gasteiger partial charge is 0.123 e. The highest BCUT2D eigenvalue weighted by Crippen LogP contribution is 2.31. The molecule has 0 radical (unpaired) electrons. The van der Waals surface area contributed by atoms with Gasteiger partial charge >= 0.3 is 0 Å². The minimum Gasteiger partial charge on any atom is -0.488 e. The summed E-state index contributed by atoms with van der Waals surface area (Å²) in [7, 11) is 0. The van der Waals surface area contributed by atoms with Crippen LogP contribution >= 0.6 is 0 Å². The zero-order chi connectivity index (χ0) is 13.9. The normalized spacial score (nSPS) is 28.4. The second-order valence-corrected chi connectivity index (χ2v) is 6.35. The van der Waals surface area contributed by atoms with Crippen molar-refractivity contribution in [2.24, 2.45) is 11.8 Å². The number of rotatable bonds is 5. The second-order valence-electron chi connectivity index (χ2n) is 6.35. The summed E-state index contributed by atoms with van der Waals surface area (Å²) >= 11 is 0. The van der Waals surface area contributed by atoms with Crippen molar-refractivity contribution < 1.29 is 9.84 Å². The molecule has 0 saturated heterocycles. The predicted molar refractivity (Wildman–Crippen MR) is 80.1 cm³/mol. The van der Waals surface area contributed by atoms with Gasteiger partial charge in [-0.15, -0.1) is 0 Å². The minimum atomic E-state index is 0.265. The Morgan fingerprint density at radius 3 is 2.95 bits per heavy atom. The van der Waals surface area contributed by atoms with Gasteiger partial charge in [0.15, 0.2) is 0 Å². The fourth-order valence-corrected chi connectivity index (χ4v) is 3.62. The van der Waals surface area contributed by atoms with Gasteiger partial charge in [-0.05, 0) is 49.8 Å². The number of aliphatic hydroxyl groups is 1. The lowest BCUT2D eigenvalue weighted by Crippen LogP contribution is -2.34. The van der Waals surface area contributed by atoms with Gasteiger partial charge in [-0.25, -0.2) is 0 Å². The molecule has 3 rings (SSSR count). The highest BCUT2D eigenvalue weighted by atomic mass is 16.5. The summed E-state index contributed by atoms with van der Waals surface area (Å²) in [6.07, 6.45) is 4.98. The van der Waals surface area contributed by atoms with E-state index in [1.54, 1.807) is 0 Å². The molecule has 3 unspecified atom stereocenters. The monoisotopic (exact) mass is 275 g/mol. The van der Waals surface area contributed by atoms with Crippen LogP contribution in [0.5, 0.6) is 5.75 Å². The van der Waals surface area contributed by atoms with Gasteiger partial charge < -0.3 is 15.2 Å². The number of benzene rings is 1. The van der Waals surface area contributed by atoms with Crippen molar-refractivity contribution in [3.63, 3.8) is 0 Å². The molecule has 1 heterocycles. The number of aryl methyl sites for hydroxylation is 1. The van der Waals surface area contributed by atoms with E-state index < -0.39 is 0 Å². The predicted octanol–water partition coefficient (Wildman–Crippen LogP) is 2.30. The molecular formula is C17H25NO2. The topological polar surface area (TPSA) is 41.5 Å². The molecule has 0 spiro atoms. The second kappa shape index (κ2) is 6.15. The van der Waals surface area contributed by atoms with Crippen LogP contribution in [0.15, 0.2) is 18.2 Å². The maximum absolute atomic E-state index is 9.34. The first-order chi connectivity index (χ1) is 9.76. The highest BCUT2D eigenvalue weighted by molar-refractivity contribution is 5.40. The van der Waals surface area contributed by atoms with Gasteiger partial charge in [0.2, 0.25) is 0 Å². The molecule has 110 valence electrons. The van der Waals surface area contributed by atoms with Crippen molar-refractivity contribution in [3.05, 3.63) is 29.3 Å². The summed E-state index contributed by atoms with van der Waals surface area (Å²) in [5.41, 5.74) is 2.64. The molecule has 0 amide bonds. The van der Waals surface area contributed by atoms with Crippen LogP contribution < -0.4 is 10.1 Å². The quantitative estimate of drug-likeness (QED) is 0.866. The average Bonchev–Trinajstić information content (AvgIpc) is 3.04. The molecule has 1 fully saturated rings. The molecular weight excluding hydrogens is 250 g/mol. The SMILES string of the molecule is Cc1ccc2c(c1)CC(CNCC1CCCC1CO)O2. The molecule has 1 aromatic rings. The number of hydrogen-bond donors (Lipinski definition) is 2. The maximum Gasteiger partial charge on any atom is 0.123 e. The van der Waals surface area contributed by atoms with Gasteiger partial charge in [0.1, 0.15) is 11.9 Å². The number of hydrogen-bond acceptors (Lipinski definition) is 3. The maximum atomic E-state index is 9.34. The van der Waals surface area contributed by atoms with Gasteiger partial charge in [0.05, 0.1) is 0 Å². The molecule has 1 aromatic carbocycles. The third kappa shape index (κ3) is 2.99. The average molecular weight is 275 g/mol. The molecule has 0 aromatic heterocycles. The van der Waals surface area contributed by atoms with E-state index in [4.69, 9.17) is 4.74 Å². The molecule has 3 atom stereocenters. The van der Waals surface area contributed by atoms with Crippen LogP contribution in [0.4, 0.5) is 0 Å². The molecule has 1 saturated carbocycles. The zero-order valence-corrected chi connectivity index (χ0v) is 12.3. The van der Waals surface area contributed by atoms with Gasteiger partial charge in [0, 0.05) is 19.6 Å². The largest absolute Gasteiger partial charge is 0.488 e. The number of nitrogens with one attached hydrogen (secondary N) is 1. The Hall–Kier alpha value is -1.06. The van der Waals surface area contributed by atoms with Crippen molar-refractivity contribution in [1.29, 1.82) is 0 Å². The summed E-state index contributed by atoms with van der Waals surface area (Å²) in [6, 6.07) is 6.43. The lowest BCUT2D eigenvalue weighted by molar-refractivity contribution is 0.185. The van der Waals surface area contributed by atoms with E-state index in [-0.39, 0.29) is 6.10 Å². The van der Waals surface area contributed by atoms with E-state index >= 15 is 0 Å². The van der Waals surface area contributed by atoms with Crippen LogP contribution in [0, 0.1) is 18.8 Å². The van der Waals surface area contributed by atoms with Crippen LogP contribution in [-0.4, -0.2) is 30.9 Å². The van der Waals surface area contributed by atoms with Crippen LogP contribution in [0.2, 0.25) is 0 Å². The molecule has 3 nitrogen and oxygen atoms in total. The molecule has 1 aliphatic carbocycles. The summed E-state index contributed by atoms with van der Waals surface area (Å²) < 4.78 is 5.97.